The van der Waals surface area contributed by atoms with Crippen molar-refractivity contribution in [1.82, 2.24) is 45.4 Å². The Bertz CT molecular complexity index is 2550. The van der Waals surface area contributed by atoms with E-state index in [0.29, 0.717) is 98.9 Å². The van der Waals surface area contributed by atoms with Crippen molar-refractivity contribution in [3.05, 3.63) is 116 Å². The van der Waals surface area contributed by atoms with E-state index in [1.54, 1.807) is 52.6 Å². The number of halogens is 1. The molecule has 3 aromatic heterocycles. The molecule has 20 heteroatoms. The highest BCUT2D eigenvalue weighted by atomic mass is 35.5. The highest BCUT2D eigenvalue weighted by Crippen LogP contribution is 2.39. The van der Waals surface area contributed by atoms with Gasteiger partial charge >= 0.3 is 0 Å². The summed E-state index contributed by atoms with van der Waals surface area (Å²) >= 11 is 7.90. The van der Waals surface area contributed by atoms with Gasteiger partial charge in [-0.25, -0.2) is 4.68 Å². The maximum absolute atomic E-state index is 13.4. The number of nitrogens with one attached hydrogen (secondary N) is 3. The topological polar surface area (TPSA) is 204 Å². The molecule has 2 aliphatic heterocycles. The summed E-state index contributed by atoms with van der Waals surface area (Å²) in [5.74, 6) is 0.983. The molecule has 1 unspecified atom stereocenters. The number of amides is 2. The Morgan fingerprint density at radius 1 is 1.05 bits per heavy atom. The summed E-state index contributed by atoms with van der Waals surface area (Å²) in [7, 11) is 1.74. The lowest BCUT2D eigenvalue weighted by Crippen LogP contribution is -2.46. The number of benzene rings is 2. The standard InChI is InChI=1S/C45H53ClN12O6S/c1-28-9-14-39(44(61)50-28)56(5)49-25-36-33(27-59)7-6-8-37(36)47-15-17-62-19-21-64-22-20-63-18-16-57-26-35(53-55-57)24-48-40(60)23-38-43-54-52-31(4)58(43)45-41(29(2)30(3)65-45)42(51-38)32-10-12-34(46)13-11-32/h6-8,10-13,25-27,38-39,47H,1,9,14-24H2,2-5H3,(H,48,60)(H,50,61)/b49-25-/t38-,39?/m0/s1. The second kappa shape index (κ2) is 22.2. The van der Waals surface area contributed by atoms with Crippen LogP contribution in [0.4, 0.5) is 5.69 Å². The predicted octanol–water partition coefficient (Wildman–Crippen LogP) is 5.13. The first-order chi connectivity index (χ1) is 31.5. The molecule has 5 aromatic rings. The second-order valence-electron chi connectivity index (χ2n) is 15.5. The zero-order chi connectivity index (χ0) is 45.9. The number of aromatic nitrogens is 6. The van der Waals surface area contributed by atoms with E-state index in [0.717, 1.165) is 45.2 Å². The number of piperidine rings is 1. The first-order valence-electron chi connectivity index (χ1n) is 21.3. The van der Waals surface area contributed by atoms with Crippen LogP contribution in [0.25, 0.3) is 5.00 Å². The number of likely N-dealkylation sites (N-methyl/N-ethyl adjacent to an activating group) is 1. The molecule has 2 amide bonds. The molecule has 2 aliphatic rings. The van der Waals surface area contributed by atoms with E-state index >= 15 is 0 Å². The molecule has 3 N–H and O–H groups in total. The minimum atomic E-state index is -0.580. The summed E-state index contributed by atoms with van der Waals surface area (Å²) in [6.07, 6.45) is 5.51. The van der Waals surface area contributed by atoms with Crippen LogP contribution < -0.4 is 16.0 Å². The van der Waals surface area contributed by atoms with Gasteiger partial charge in [0.2, 0.25) is 11.8 Å². The number of aldehydes is 1. The molecule has 7 rings (SSSR count). The monoisotopic (exact) mass is 924 g/mol. The van der Waals surface area contributed by atoms with Crippen molar-refractivity contribution in [1.29, 1.82) is 0 Å². The number of hydrogen-bond donors (Lipinski definition) is 3. The highest BCUT2D eigenvalue weighted by Gasteiger charge is 2.33. The van der Waals surface area contributed by atoms with Gasteiger partial charge in [0.05, 0.1) is 77.3 Å². The van der Waals surface area contributed by atoms with Crippen LogP contribution in [0.1, 0.15) is 80.1 Å². The summed E-state index contributed by atoms with van der Waals surface area (Å²) in [5.41, 5.74) is 6.96. The van der Waals surface area contributed by atoms with Crippen molar-refractivity contribution in [3.63, 3.8) is 0 Å². The van der Waals surface area contributed by atoms with Gasteiger partial charge in [0, 0.05) is 57.1 Å². The molecule has 0 spiro atoms. The number of anilines is 1. The summed E-state index contributed by atoms with van der Waals surface area (Å²) < 4.78 is 20.8. The normalized spacial score (nSPS) is 15.9. The Hall–Kier alpha value is -6.12. The molecule has 65 heavy (non-hydrogen) atoms. The summed E-state index contributed by atoms with van der Waals surface area (Å²) in [6, 6.07) is 12.0. The Kier molecular flexibility index (Phi) is 16.0. The number of rotatable bonds is 22. The van der Waals surface area contributed by atoms with E-state index in [4.69, 9.17) is 30.8 Å². The number of carbonyl (C=O) groups excluding carboxylic acids is 3. The first-order valence-corrected chi connectivity index (χ1v) is 22.5. The molecule has 342 valence electrons. The fraction of sp³-hybridized carbons (Fsp3) is 0.400. The van der Waals surface area contributed by atoms with Crippen LogP contribution in [0.3, 0.4) is 0 Å². The predicted molar refractivity (Wildman–Crippen MR) is 248 cm³/mol. The molecule has 0 saturated carbocycles. The molecule has 5 heterocycles. The summed E-state index contributed by atoms with van der Waals surface area (Å²) in [6.45, 7) is 13.5. The highest BCUT2D eigenvalue weighted by molar-refractivity contribution is 7.15. The SMILES string of the molecule is C=C1CCC(N(C)/N=C\c2c(C=O)cccc2NCCOCCOCCOCCn2cc(CNC(=O)C[C@@H]3N=C(c4ccc(Cl)cc4)c4c(sc(C)c4C)-n4c(C)nnc43)nn2)C(=O)N1. The molecular weight excluding hydrogens is 872 g/mol. The number of thiophene rings is 1. The Labute approximate surface area is 386 Å². The van der Waals surface area contributed by atoms with E-state index in [1.807, 2.05) is 41.8 Å². The quantitative estimate of drug-likeness (QED) is 0.0358. The zero-order valence-electron chi connectivity index (χ0n) is 36.9. The van der Waals surface area contributed by atoms with E-state index < -0.39 is 12.1 Å². The molecular formula is C45H53ClN12O6S. The number of aryl methyl sites for hydroxylation is 2. The number of ether oxygens (including phenoxy) is 3. The fourth-order valence-electron chi connectivity index (χ4n) is 7.39. The third kappa shape index (κ3) is 11.8. The Morgan fingerprint density at radius 3 is 2.55 bits per heavy atom. The van der Waals surface area contributed by atoms with Gasteiger partial charge in [-0.05, 0) is 57.4 Å². The minimum absolute atomic E-state index is 0.0617. The summed E-state index contributed by atoms with van der Waals surface area (Å²) in [4.78, 5) is 43.9. The van der Waals surface area contributed by atoms with Gasteiger partial charge in [-0.2, -0.15) is 5.10 Å². The molecule has 18 nitrogen and oxygen atoms in total. The molecule has 0 aliphatic carbocycles. The number of allylic oxidation sites excluding steroid dienone is 1. The zero-order valence-corrected chi connectivity index (χ0v) is 38.5. The second-order valence-corrected chi connectivity index (χ2v) is 17.2. The summed E-state index contributed by atoms with van der Waals surface area (Å²) in [5, 5.41) is 34.0. The van der Waals surface area contributed by atoms with E-state index in [2.05, 4.69) is 62.0 Å². The lowest BCUT2D eigenvalue weighted by molar-refractivity contribution is -0.126. The molecule has 2 aromatic carbocycles. The van der Waals surface area contributed by atoms with E-state index in [-0.39, 0.29) is 24.8 Å². The van der Waals surface area contributed by atoms with Crippen molar-refractivity contribution >= 4 is 58.7 Å². The van der Waals surface area contributed by atoms with Gasteiger partial charge in [0.15, 0.2) is 12.1 Å². The van der Waals surface area contributed by atoms with Gasteiger partial charge in [0.1, 0.15) is 28.6 Å². The number of nitrogens with zero attached hydrogens (tertiary/aromatic N) is 9. The van der Waals surface area contributed by atoms with Gasteiger partial charge in [0.25, 0.3) is 0 Å². The van der Waals surface area contributed by atoms with Crippen LogP contribution in [0.15, 0.2) is 71.0 Å². The molecule has 2 atom stereocenters. The van der Waals surface area contributed by atoms with Crippen LogP contribution in [0.5, 0.6) is 0 Å². The smallest absolute Gasteiger partial charge is 0.248 e. The van der Waals surface area contributed by atoms with Crippen molar-refractivity contribution in [2.75, 3.05) is 58.6 Å². The number of fused-ring (bicyclic) bond motifs is 3. The van der Waals surface area contributed by atoms with Crippen LogP contribution in [0.2, 0.25) is 5.02 Å². The fourth-order valence-corrected chi connectivity index (χ4v) is 8.73. The van der Waals surface area contributed by atoms with Gasteiger partial charge < -0.3 is 30.2 Å². The third-order valence-electron chi connectivity index (χ3n) is 11.0. The number of carbonyl (C=O) groups is 3. The van der Waals surface area contributed by atoms with Crippen molar-refractivity contribution < 1.29 is 28.6 Å². The van der Waals surface area contributed by atoms with E-state index in [9.17, 15) is 14.4 Å². The lowest BCUT2D eigenvalue weighted by atomic mass is 9.99. The average Bonchev–Trinajstić information content (AvgIpc) is 3.97. The van der Waals surface area contributed by atoms with Gasteiger partial charge in [-0.3, -0.25) is 29.0 Å². The van der Waals surface area contributed by atoms with Crippen molar-refractivity contribution in [2.24, 2.45) is 10.1 Å². The molecule has 1 fully saturated rings. The minimum Gasteiger partial charge on any atom is -0.382 e. The largest absolute Gasteiger partial charge is 0.382 e. The number of aliphatic imine (C=N–C) groups is 1. The molecule has 1 saturated heterocycles. The number of hydrogen-bond acceptors (Lipinski definition) is 15. The Balaban J connectivity index is 0.785. The van der Waals surface area contributed by atoms with Crippen LogP contribution in [0, 0.1) is 20.8 Å². The molecule has 0 bridgehead atoms. The van der Waals surface area contributed by atoms with Crippen LogP contribution in [-0.2, 0) is 36.9 Å². The van der Waals surface area contributed by atoms with E-state index in [1.165, 1.54) is 4.88 Å². The average molecular weight is 926 g/mol. The van der Waals surface area contributed by atoms with Gasteiger partial charge in [-0.15, -0.1) is 26.6 Å². The van der Waals surface area contributed by atoms with Crippen molar-refractivity contribution in [3.8, 4) is 5.00 Å². The third-order valence-corrected chi connectivity index (χ3v) is 12.4. The van der Waals surface area contributed by atoms with Crippen molar-refractivity contribution in [2.45, 2.75) is 65.2 Å². The first kappa shape index (κ1) is 46.9. The maximum Gasteiger partial charge on any atom is 0.248 e. The van der Waals surface area contributed by atoms with Crippen LogP contribution >= 0.6 is 22.9 Å². The Morgan fingerprint density at radius 2 is 1.80 bits per heavy atom. The van der Waals surface area contributed by atoms with Crippen LogP contribution in [-0.4, -0.2) is 124 Å². The maximum atomic E-state index is 13.4. The molecule has 0 radical (unpaired) electrons. The lowest BCUT2D eigenvalue weighted by Gasteiger charge is -2.29. The van der Waals surface area contributed by atoms with Gasteiger partial charge in [-0.1, -0.05) is 47.7 Å². The number of hydrazone groups is 1.